The minimum Gasteiger partial charge on any atom is -0.268 e. The average Bonchev–Trinajstić information content (AvgIpc) is 1.83. The van der Waals surface area contributed by atoms with Crippen LogP contribution in [0.1, 0.15) is 6.42 Å². The summed E-state index contributed by atoms with van der Waals surface area (Å²) < 4.78 is 24.8. The Labute approximate surface area is 91.4 Å². The van der Waals surface area contributed by atoms with Crippen LogP contribution in [0.15, 0.2) is 0 Å². The fourth-order valence-corrected chi connectivity index (χ4v) is 2.36. The summed E-state index contributed by atoms with van der Waals surface area (Å²) in [6.07, 6.45) is 0.338. The quantitative estimate of drug-likeness (QED) is 0.563. The highest BCUT2D eigenvalue weighted by molar-refractivity contribution is 9.39. The average molecular weight is 374 g/mol. The Morgan fingerprint density at radius 3 is 2.09 bits per heavy atom. The van der Waals surface area contributed by atoms with Crippen molar-refractivity contribution < 1.29 is 12.6 Å². The van der Waals surface area contributed by atoms with Gasteiger partial charge in [0.15, 0.2) is 0 Å². The molecule has 0 N–H and O–H groups in total. The zero-order valence-electron chi connectivity index (χ0n) is 5.39. The zero-order chi connectivity index (χ0) is 9.12. The lowest BCUT2D eigenvalue weighted by molar-refractivity contribution is 0.437. The molecule has 7 heteroatoms. The molecule has 0 aromatic heterocycles. The van der Waals surface area contributed by atoms with Crippen molar-refractivity contribution in [3.05, 3.63) is 7.11 Å². The maximum absolute atomic E-state index is 10.7. The van der Waals surface area contributed by atoms with Crippen molar-refractivity contribution in [1.82, 2.24) is 0 Å². The van der Waals surface area contributed by atoms with Crippen molar-refractivity contribution in [3.63, 3.8) is 0 Å². The Balaban J connectivity index is 3.91. The lowest BCUT2D eigenvalue weighted by Crippen LogP contribution is -2.12. The predicted molar refractivity (Wildman–Crippen MR) is 54.4 cm³/mol. The summed E-state index contributed by atoms with van der Waals surface area (Å²) in [6, 6.07) is 0. The van der Waals surface area contributed by atoms with Crippen LogP contribution in [0.2, 0.25) is 0 Å². The molecule has 0 aromatic carbocycles. The monoisotopic (exact) mass is 371 g/mol. The first-order chi connectivity index (χ1) is 4.77. The van der Waals surface area contributed by atoms with Gasteiger partial charge in [-0.2, -0.15) is 8.42 Å². The Hall–Kier alpha value is 1.35. The number of halogens is 3. The number of hydrogen-bond acceptors (Lipinski definition) is 3. The highest BCUT2D eigenvalue weighted by Gasteiger charge is 2.21. The lowest BCUT2D eigenvalue weighted by Gasteiger charge is -2.10. The van der Waals surface area contributed by atoms with Crippen LogP contribution in [0.5, 0.6) is 0 Å². The smallest absolute Gasteiger partial charge is 0.267 e. The van der Waals surface area contributed by atoms with Gasteiger partial charge in [-0.15, -0.1) is 0 Å². The fourth-order valence-electron chi connectivity index (χ4n) is 0.300. The normalized spacial score (nSPS) is 13.5. The van der Waals surface area contributed by atoms with Gasteiger partial charge < -0.3 is 0 Å². The van der Waals surface area contributed by atoms with E-state index in [0.717, 1.165) is 0 Å². The second kappa shape index (κ2) is 4.55. The van der Waals surface area contributed by atoms with Crippen molar-refractivity contribution in [3.8, 4) is 0 Å². The summed E-state index contributed by atoms with van der Waals surface area (Å²) in [5.74, 6) is -0.0990. The molecule has 3 nitrogen and oxygen atoms in total. The first kappa shape index (κ1) is 12.3. The molecular weight excluding hydrogens is 368 g/mol. The molecule has 0 aromatic rings. The molecule has 0 aliphatic heterocycles. The molecule has 0 amide bonds. The van der Waals surface area contributed by atoms with Gasteiger partial charge in [-0.25, -0.2) is 0 Å². The SMILES string of the molecule is [CH2]OS(=O)(=O)CCC(Br)(Br)Br. The number of rotatable bonds is 3. The minimum absolute atomic E-state index is 0.0990. The summed E-state index contributed by atoms with van der Waals surface area (Å²) >= 11 is 9.46. The fraction of sp³-hybridized carbons (Fsp3) is 0.750. The van der Waals surface area contributed by atoms with Crippen LogP contribution in [0, 0.1) is 7.11 Å². The molecule has 0 saturated carbocycles. The summed E-state index contributed by atoms with van der Waals surface area (Å²) in [5.41, 5.74) is 0. The van der Waals surface area contributed by atoms with Crippen molar-refractivity contribution in [2.75, 3.05) is 5.75 Å². The molecule has 1 radical (unpaired) electrons. The lowest BCUT2D eigenvalue weighted by atomic mass is 10.6. The van der Waals surface area contributed by atoms with E-state index in [1.54, 1.807) is 0 Å². The summed E-state index contributed by atoms with van der Waals surface area (Å²) in [5, 5.41) is 0. The topological polar surface area (TPSA) is 43.4 Å². The largest absolute Gasteiger partial charge is 0.268 e. The van der Waals surface area contributed by atoms with E-state index in [0.29, 0.717) is 6.42 Å². The molecule has 0 saturated heterocycles. The molecule has 0 unspecified atom stereocenters. The van der Waals surface area contributed by atoms with Gasteiger partial charge in [-0.05, 0) is 6.42 Å². The van der Waals surface area contributed by atoms with E-state index in [-0.39, 0.29) is 5.75 Å². The van der Waals surface area contributed by atoms with E-state index in [1.807, 2.05) is 0 Å². The first-order valence-corrected chi connectivity index (χ1v) is 6.45. The van der Waals surface area contributed by atoms with Crippen LogP contribution < -0.4 is 0 Å². The molecular formula is C4H6Br3O3S. The molecule has 11 heavy (non-hydrogen) atoms. The van der Waals surface area contributed by atoms with Gasteiger partial charge in [0, 0.05) is 0 Å². The standard InChI is InChI=1S/C4H6Br3O3S/c1-10-11(8,9)3-2-4(5,6)7/h1-3H2. The van der Waals surface area contributed by atoms with E-state index in [2.05, 4.69) is 59.1 Å². The van der Waals surface area contributed by atoms with Gasteiger partial charge in [0.2, 0.25) is 0 Å². The maximum atomic E-state index is 10.7. The van der Waals surface area contributed by atoms with Gasteiger partial charge in [-0.3, -0.25) is 4.18 Å². The predicted octanol–water partition coefficient (Wildman–Crippen LogP) is 2.35. The van der Waals surface area contributed by atoms with Crippen molar-refractivity contribution >= 4 is 57.9 Å². The van der Waals surface area contributed by atoms with Crippen LogP contribution in [0.25, 0.3) is 0 Å². The summed E-state index contributed by atoms with van der Waals surface area (Å²) in [7, 11) is -0.630. The number of alkyl halides is 3. The molecule has 0 spiro atoms. The highest BCUT2D eigenvalue weighted by Crippen LogP contribution is 2.37. The molecule has 0 aliphatic rings. The van der Waals surface area contributed by atoms with Gasteiger partial charge in [0.1, 0.15) is 2.14 Å². The molecule has 0 rings (SSSR count). The van der Waals surface area contributed by atoms with Crippen LogP contribution in [-0.2, 0) is 14.3 Å². The Morgan fingerprint density at radius 2 is 1.82 bits per heavy atom. The van der Waals surface area contributed by atoms with Crippen LogP contribution in [-0.4, -0.2) is 16.3 Å². The van der Waals surface area contributed by atoms with Crippen LogP contribution in [0.4, 0.5) is 0 Å². The Morgan fingerprint density at radius 1 is 1.36 bits per heavy atom. The molecule has 67 valence electrons. The van der Waals surface area contributed by atoms with E-state index >= 15 is 0 Å². The molecule has 0 bridgehead atoms. The molecule has 0 heterocycles. The van der Waals surface area contributed by atoms with E-state index in [4.69, 9.17) is 0 Å². The van der Waals surface area contributed by atoms with Crippen LogP contribution >= 0.6 is 47.8 Å². The third-order valence-corrected chi connectivity index (χ3v) is 3.07. The van der Waals surface area contributed by atoms with Crippen molar-refractivity contribution in [2.45, 2.75) is 8.56 Å². The molecule has 0 aliphatic carbocycles. The van der Waals surface area contributed by atoms with E-state index in [9.17, 15) is 8.42 Å². The second-order valence-corrected chi connectivity index (χ2v) is 10.8. The highest BCUT2D eigenvalue weighted by atomic mass is 80.0. The van der Waals surface area contributed by atoms with Crippen molar-refractivity contribution in [2.24, 2.45) is 0 Å². The zero-order valence-corrected chi connectivity index (χ0v) is 11.0. The van der Waals surface area contributed by atoms with E-state index < -0.39 is 12.3 Å². The summed E-state index contributed by atoms with van der Waals surface area (Å²) in [6.45, 7) is 0. The third-order valence-electron chi connectivity index (χ3n) is 0.815. The Kier molecular flexibility index (Phi) is 5.11. The minimum atomic E-state index is -3.45. The summed E-state index contributed by atoms with van der Waals surface area (Å²) in [4.78, 5) is 0. The van der Waals surface area contributed by atoms with Crippen LogP contribution in [0.3, 0.4) is 0 Å². The van der Waals surface area contributed by atoms with Gasteiger partial charge in [0.05, 0.1) is 12.9 Å². The third kappa shape index (κ3) is 7.70. The van der Waals surface area contributed by atoms with Gasteiger partial charge in [0.25, 0.3) is 10.1 Å². The Bertz CT molecular complexity index is 205. The second-order valence-electron chi connectivity index (χ2n) is 1.74. The van der Waals surface area contributed by atoms with Crippen molar-refractivity contribution in [1.29, 1.82) is 0 Å². The van der Waals surface area contributed by atoms with Gasteiger partial charge >= 0.3 is 0 Å². The molecule has 0 atom stereocenters. The maximum Gasteiger partial charge on any atom is 0.267 e. The first-order valence-electron chi connectivity index (χ1n) is 2.50. The molecule has 0 fully saturated rings. The van der Waals surface area contributed by atoms with E-state index in [1.165, 1.54) is 0 Å². The number of hydrogen-bond donors (Lipinski definition) is 0. The van der Waals surface area contributed by atoms with Gasteiger partial charge in [-0.1, -0.05) is 47.8 Å².